The summed E-state index contributed by atoms with van der Waals surface area (Å²) < 4.78 is 5.14. The van der Waals surface area contributed by atoms with Crippen molar-refractivity contribution in [3.8, 4) is 22.8 Å². The number of rotatable bonds is 5. The Morgan fingerprint density at radius 2 is 1.88 bits per heavy atom. The van der Waals surface area contributed by atoms with Gasteiger partial charge in [-0.25, -0.2) is 4.98 Å². The van der Waals surface area contributed by atoms with Crippen molar-refractivity contribution in [2.75, 3.05) is 12.4 Å². The smallest absolute Gasteiger partial charge is 0.250 e. The second-order valence-corrected chi connectivity index (χ2v) is 6.04. The number of hydrogen-bond acceptors (Lipinski definition) is 5. The number of phenolic OH excluding ortho intramolecular Hbond substituents is 1. The van der Waals surface area contributed by atoms with Gasteiger partial charge >= 0.3 is 0 Å². The molecule has 2 aromatic carbocycles. The Balaban J connectivity index is 1.64. The molecule has 0 aliphatic carbocycles. The maximum absolute atomic E-state index is 12.0. The summed E-state index contributed by atoms with van der Waals surface area (Å²) >= 11 is 1.37. The zero-order chi connectivity index (χ0) is 17.6. The highest BCUT2D eigenvalue weighted by Crippen LogP contribution is 2.26. The van der Waals surface area contributed by atoms with E-state index >= 15 is 0 Å². The van der Waals surface area contributed by atoms with Gasteiger partial charge in [0, 0.05) is 17.0 Å². The second-order valence-electron chi connectivity index (χ2n) is 5.18. The Bertz CT molecular complexity index is 884. The van der Waals surface area contributed by atoms with Gasteiger partial charge in [-0.2, -0.15) is 0 Å². The van der Waals surface area contributed by atoms with Gasteiger partial charge in [-0.3, -0.25) is 10.1 Å². The fourth-order valence-corrected chi connectivity index (χ4v) is 2.85. The third-order valence-corrected chi connectivity index (χ3v) is 4.20. The Kier molecular flexibility index (Phi) is 5.11. The first kappa shape index (κ1) is 16.7. The predicted octanol–water partition coefficient (Wildman–Crippen LogP) is 4.18. The fraction of sp³-hybridized carbons (Fsp3) is 0.0526. The van der Waals surface area contributed by atoms with Gasteiger partial charge in [0.25, 0.3) is 0 Å². The van der Waals surface area contributed by atoms with Gasteiger partial charge in [0.15, 0.2) is 5.13 Å². The molecular formula is C19H16N2O3S. The zero-order valence-electron chi connectivity index (χ0n) is 13.5. The summed E-state index contributed by atoms with van der Waals surface area (Å²) in [5.74, 6) is 0.714. The lowest BCUT2D eigenvalue weighted by Crippen LogP contribution is -2.07. The average molecular weight is 352 g/mol. The van der Waals surface area contributed by atoms with Crippen molar-refractivity contribution >= 4 is 28.5 Å². The summed E-state index contributed by atoms with van der Waals surface area (Å²) in [4.78, 5) is 16.4. The fourth-order valence-electron chi connectivity index (χ4n) is 2.13. The molecule has 0 radical (unpaired) electrons. The molecule has 3 rings (SSSR count). The maximum atomic E-state index is 12.0. The van der Waals surface area contributed by atoms with Crippen molar-refractivity contribution < 1.29 is 14.6 Å². The van der Waals surface area contributed by atoms with Crippen molar-refractivity contribution in [3.05, 3.63) is 65.6 Å². The van der Waals surface area contributed by atoms with E-state index in [4.69, 9.17) is 4.74 Å². The predicted molar refractivity (Wildman–Crippen MR) is 99.9 cm³/mol. The van der Waals surface area contributed by atoms with Crippen LogP contribution in [0.3, 0.4) is 0 Å². The van der Waals surface area contributed by atoms with E-state index in [0.29, 0.717) is 5.13 Å². The van der Waals surface area contributed by atoms with E-state index in [9.17, 15) is 9.90 Å². The van der Waals surface area contributed by atoms with Gasteiger partial charge in [-0.15, -0.1) is 11.3 Å². The summed E-state index contributed by atoms with van der Waals surface area (Å²) in [6.45, 7) is 0. The molecular weight excluding hydrogens is 336 g/mol. The van der Waals surface area contributed by atoms with Crippen LogP contribution in [0, 0.1) is 0 Å². The number of thiazole rings is 1. The molecule has 0 unspecified atom stereocenters. The molecule has 1 aromatic heterocycles. The van der Waals surface area contributed by atoms with Gasteiger partial charge in [0.2, 0.25) is 5.91 Å². The van der Waals surface area contributed by atoms with Crippen LogP contribution in [0.5, 0.6) is 11.5 Å². The van der Waals surface area contributed by atoms with Crippen molar-refractivity contribution in [1.82, 2.24) is 4.98 Å². The first-order valence-electron chi connectivity index (χ1n) is 7.52. The lowest BCUT2D eigenvalue weighted by molar-refractivity contribution is -0.111. The van der Waals surface area contributed by atoms with Crippen LogP contribution in [0.15, 0.2) is 60.0 Å². The van der Waals surface area contributed by atoms with Crippen LogP contribution in [0.2, 0.25) is 0 Å². The van der Waals surface area contributed by atoms with Crippen LogP contribution >= 0.6 is 11.3 Å². The number of amides is 1. The number of phenols is 1. The first-order chi connectivity index (χ1) is 12.1. The molecule has 1 amide bonds. The molecule has 126 valence electrons. The molecule has 2 N–H and O–H groups in total. The quantitative estimate of drug-likeness (QED) is 0.676. The third kappa shape index (κ3) is 4.45. The van der Waals surface area contributed by atoms with Crippen molar-refractivity contribution in [3.63, 3.8) is 0 Å². The molecule has 5 nitrogen and oxygen atoms in total. The lowest BCUT2D eigenvalue weighted by atomic mass is 10.2. The number of benzene rings is 2. The van der Waals surface area contributed by atoms with Crippen LogP contribution in [0.1, 0.15) is 5.56 Å². The topological polar surface area (TPSA) is 71.5 Å². The highest BCUT2D eigenvalue weighted by atomic mass is 32.1. The van der Waals surface area contributed by atoms with E-state index in [1.807, 2.05) is 29.6 Å². The van der Waals surface area contributed by atoms with Gasteiger partial charge < -0.3 is 9.84 Å². The van der Waals surface area contributed by atoms with Crippen LogP contribution in [-0.2, 0) is 4.79 Å². The summed E-state index contributed by atoms with van der Waals surface area (Å²) in [7, 11) is 1.62. The van der Waals surface area contributed by atoms with E-state index in [0.717, 1.165) is 22.6 Å². The number of nitrogens with zero attached hydrogens (tertiary/aromatic N) is 1. The minimum Gasteiger partial charge on any atom is -0.508 e. The summed E-state index contributed by atoms with van der Waals surface area (Å²) in [5.41, 5.74) is 2.58. The SMILES string of the molecule is COc1ccc(-c2csc(NC(=O)C=Cc3ccc(O)cc3)n2)cc1. The van der Waals surface area contributed by atoms with Crippen LogP contribution in [0.25, 0.3) is 17.3 Å². The summed E-state index contributed by atoms with van der Waals surface area (Å²) in [6.07, 6.45) is 3.10. The minimum absolute atomic E-state index is 0.190. The molecule has 1 heterocycles. The van der Waals surface area contributed by atoms with Gasteiger partial charge in [-0.1, -0.05) is 12.1 Å². The first-order valence-corrected chi connectivity index (χ1v) is 8.40. The minimum atomic E-state index is -0.260. The van der Waals surface area contributed by atoms with Crippen LogP contribution in [0.4, 0.5) is 5.13 Å². The highest BCUT2D eigenvalue weighted by Gasteiger charge is 2.06. The van der Waals surface area contributed by atoms with Gasteiger partial charge in [0.1, 0.15) is 11.5 Å². The molecule has 0 saturated carbocycles. The number of aromatic hydroxyl groups is 1. The highest BCUT2D eigenvalue weighted by molar-refractivity contribution is 7.14. The summed E-state index contributed by atoms with van der Waals surface area (Å²) in [6, 6.07) is 14.2. The number of anilines is 1. The van der Waals surface area contributed by atoms with Crippen molar-refractivity contribution in [2.45, 2.75) is 0 Å². The van der Waals surface area contributed by atoms with Crippen molar-refractivity contribution in [2.24, 2.45) is 0 Å². The number of ether oxygens (including phenoxy) is 1. The molecule has 0 saturated heterocycles. The number of carbonyl (C=O) groups excluding carboxylic acids is 1. The van der Waals surface area contributed by atoms with Crippen molar-refractivity contribution in [1.29, 1.82) is 0 Å². The third-order valence-electron chi connectivity index (χ3n) is 3.44. The van der Waals surface area contributed by atoms with E-state index in [1.54, 1.807) is 37.5 Å². The van der Waals surface area contributed by atoms with Crippen LogP contribution in [-0.4, -0.2) is 23.1 Å². The Morgan fingerprint density at radius 1 is 1.16 bits per heavy atom. The normalized spacial score (nSPS) is 10.8. The Morgan fingerprint density at radius 3 is 2.56 bits per heavy atom. The largest absolute Gasteiger partial charge is 0.508 e. The molecule has 0 aliphatic rings. The van der Waals surface area contributed by atoms with Crippen LogP contribution < -0.4 is 10.1 Å². The second kappa shape index (κ2) is 7.63. The van der Waals surface area contributed by atoms with E-state index in [-0.39, 0.29) is 11.7 Å². The average Bonchev–Trinajstić information content (AvgIpc) is 3.10. The maximum Gasteiger partial charge on any atom is 0.250 e. The molecule has 25 heavy (non-hydrogen) atoms. The summed E-state index contributed by atoms with van der Waals surface area (Å²) in [5, 5.41) is 14.4. The van der Waals surface area contributed by atoms with Gasteiger partial charge in [0.05, 0.1) is 12.8 Å². The standard InChI is InChI=1S/C19H16N2O3S/c1-24-16-9-5-14(6-10-16)17-12-25-19(20-17)21-18(23)11-4-13-2-7-15(22)8-3-13/h2-12,22H,1H3,(H,20,21,23). The zero-order valence-corrected chi connectivity index (χ0v) is 14.3. The van der Waals surface area contributed by atoms with E-state index in [1.165, 1.54) is 17.4 Å². The Labute approximate surface area is 149 Å². The molecule has 0 bridgehead atoms. The number of nitrogens with one attached hydrogen (secondary N) is 1. The number of carbonyl (C=O) groups is 1. The van der Waals surface area contributed by atoms with E-state index < -0.39 is 0 Å². The van der Waals surface area contributed by atoms with Gasteiger partial charge in [-0.05, 0) is 48.0 Å². The molecule has 3 aromatic rings. The molecule has 6 heteroatoms. The number of methoxy groups -OCH3 is 1. The Hall–Kier alpha value is -3.12. The lowest BCUT2D eigenvalue weighted by Gasteiger charge is -2.00. The number of hydrogen-bond donors (Lipinski definition) is 2. The molecule has 0 atom stereocenters. The monoisotopic (exact) mass is 352 g/mol. The molecule has 0 aliphatic heterocycles. The molecule has 0 fully saturated rings. The van der Waals surface area contributed by atoms with E-state index in [2.05, 4.69) is 10.3 Å². The number of aromatic nitrogens is 1. The molecule has 0 spiro atoms.